The molecule has 1 heterocycles. The van der Waals surface area contributed by atoms with Crippen molar-refractivity contribution in [2.45, 2.75) is 71.9 Å². The maximum atomic E-state index is 11.2. The summed E-state index contributed by atoms with van der Waals surface area (Å²) in [7, 11) is 0. The third-order valence-corrected chi connectivity index (χ3v) is 5.63. The molecule has 0 radical (unpaired) electrons. The lowest BCUT2D eigenvalue weighted by Gasteiger charge is -2.29. The first-order chi connectivity index (χ1) is 12.7. The Labute approximate surface area is 157 Å². The summed E-state index contributed by atoms with van der Waals surface area (Å²) in [4.78, 5) is 4.31. The molecule has 0 fully saturated rings. The van der Waals surface area contributed by atoms with E-state index in [1.807, 2.05) is 19.3 Å². The lowest BCUT2D eigenvalue weighted by molar-refractivity contribution is 0.0935. The standard InChI is InChI=1S/C22H32N2O2/c1-4-14-26-21-11-10-20(18-8-6-7-9-19(18)21)22(25)17(5-2)15-24-13-12-23-16(24)3/h10-13,17,22,25H,4-9,14-15H2,1-3H3. The number of hydrogen-bond donors (Lipinski definition) is 1. The first-order valence-electron chi connectivity index (χ1n) is 10.1. The lowest BCUT2D eigenvalue weighted by atomic mass is 9.82. The summed E-state index contributed by atoms with van der Waals surface area (Å²) in [6.07, 6.45) is 9.84. The molecule has 1 aliphatic rings. The molecule has 4 nitrogen and oxygen atoms in total. The number of ether oxygens (including phenoxy) is 1. The molecule has 142 valence electrons. The summed E-state index contributed by atoms with van der Waals surface area (Å²) in [6.45, 7) is 7.86. The van der Waals surface area contributed by atoms with Crippen LogP contribution in [0.25, 0.3) is 0 Å². The van der Waals surface area contributed by atoms with Crippen molar-refractivity contribution in [2.24, 2.45) is 5.92 Å². The summed E-state index contributed by atoms with van der Waals surface area (Å²) in [5, 5.41) is 11.2. The molecule has 4 heteroatoms. The second-order valence-corrected chi connectivity index (χ2v) is 7.41. The molecule has 0 amide bonds. The third-order valence-electron chi connectivity index (χ3n) is 5.63. The fourth-order valence-electron chi connectivity index (χ4n) is 4.04. The maximum absolute atomic E-state index is 11.2. The summed E-state index contributed by atoms with van der Waals surface area (Å²) in [6, 6.07) is 4.18. The molecular weight excluding hydrogens is 324 g/mol. The molecule has 3 rings (SSSR count). The van der Waals surface area contributed by atoms with E-state index in [2.05, 4.69) is 35.5 Å². The quantitative estimate of drug-likeness (QED) is 0.751. The first kappa shape index (κ1) is 19.0. The van der Waals surface area contributed by atoms with Crippen molar-refractivity contribution in [3.8, 4) is 5.75 Å². The molecule has 2 aromatic rings. The molecule has 1 aromatic carbocycles. The van der Waals surface area contributed by atoms with Crippen LogP contribution in [0, 0.1) is 12.8 Å². The fraction of sp³-hybridized carbons (Fsp3) is 0.591. The third kappa shape index (κ3) is 3.96. The minimum Gasteiger partial charge on any atom is -0.493 e. The Morgan fingerprint density at radius 2 is 1.96 bits per heavy atom. The topological polar surface area (TPSA) is 47.3 Å². The van der Waals surface area contributed by atoms with Gasteiger partial charge >= 0.3 is 0 Å². The first-order valence-corrected chi connectivity index (χ1v) is 10.1. The van der Waals surface area contributed by atoms with E-state index in [0.717, 1.165) is 56.0 Å². The van der Waals surface area contributed by atoms with E-state index in [-0.39, 0.29) is 5.92 Å². The van der Waals surface area contributed by atoms with E-state index in [1.54, 1.807) is 0 Å². The van der Waals surface area contributed by atoms with E-state index in [0.29, 0.717) is 0 Å². The van der Waals surface area contributed by atoms with Crippen molar-refractivity contribution >= 4 is 0 Å². The van der Waals surface area contributed by atoms with Crippen LogP contribution in [0.15, 0.2) is 24.5 Å². The zero-order valence-corrected chi connectivity index (χ0v) is 16.4. The van der Waals surface area contributed by atoms with Gasteiger partial charge in [0.1, 0.15) is 11.6 Å². The number of imidazole rings is 1. The highest BCUT2D eigenvalue weighted by atomic mass is 16.5. The highest BCUT2D eigenvalue weighted by Crippen LogP contribution is 2.38. The number of aromatic nitrogens is 2. The van der Waals surface area contributed by atoms with Crippen LogP contribution in [-0.2, 0) is 19.4 Å². The van der Waals surface area contributed by atoms with Gasteiger partial charge < -0.3 is 14.4 Å². The molecular formula is C22H32N2O2. The maximum Gasteiger partial charge on any atom is 0.122 e. The van der Waals surface area contributed by atoms with Gasteiger partial charge in [0.05, 0.1) is 12.7 Å². The van der Waals surface area contributed by atoms with Crippen LogP contribution in [0.2, 0.25) is 0 Å². The summed E-state index contributed by atoms with van der Waals surface area (Å²) < 4.78 is 8.12. The molecule has 1 N–H and O–H groups in total. The predicted octanol–water partition coefficient (Wildman–Crippen LogP) is 4.62. The van der Waals surface area contributed by atoms with Crippen molar-refractivity contribution < 1.29 is 9.84 Å². The Hall–Kier alpha value is -1.81. The zero-order valence-electron chi connectivity index (χ0n) is 16.4. The number of hydrogen-bond acceptors (Lipinski definition) is 3. The van der Waals surface area contributed by atoms with Crippen LogP contribution in [0.4, 0.5) is 0 Å². The van der Waals surface area contributed by atoms with Crippen molar-refractivity contribution in [1.29, 1.82) is 0 Å². The highest BCUT2D eigenvalue weighted by molar-refractivity contribution is 5.47. The van der Waals surface area contributed by atoms with Crippen molar-refractivity contribution in [3.63, 3.8) is 0 Å². The molecule has 2 atom stereocenters. The normalized spacial score (nSPS) is 16.2. The molecule has 1 aromatic heterocycles. The largest absolute Gasteiger partial charge is 0.493 e. The molecule has 26 heavy (non-hydrogen) atoms. The van der Waals surface area contributed by atoms with Gasteiger partial charge in [-0.05, 0) is 68.2 Å². The van der Waals surface area contributed by atoms with E-state index >= 15 is 0 Å². The Morgan fingerprint density at radius 3 is 2.62 bits per heavy atom. The van der Waals surface area contributed by atoms with Gasteiger partial charge in [0.15, 0.2) is 0 Å². The summed E-state index contributed by atoms with van der Waals surface area (Å²) in [5.41, 5.74) is 3.77. The van der Waals surface area contributed by atoms with Crippen LogP contribution in [0.5, 0.6) is 5.75 Å². The van der Waals surface area contributed by atoms with Crippen LogP contribution in [-0.4, -0.2) is 21.3 Å². The number of nitrogens with zero attached hydrogens (tertiary/aromatic N) is 2. The van der Waals surface area contributed by atoms with Crippen molar-refractivity contribution in [2.75, 3.05) is 6.61 Å². The number of aliphatic hydroxyl groups is 1. The second-order valence-electron chi connectivity index (χ2n) is 7.41. The van der Waals surface area contributed by atoms with E-state index in [1.165, 1.54) is 24.0 Å². The van der Waals surface area contributed by atoms with Gasteiger partial charge in [-0.1, -0.05) is 19.9 Å². The molecule has 0 saturated carbocycles. The van der Waals surface area contributed by atoms with Crippen molar-refractivity contribution in [1.82, 2.24) is 9.55 Å². The number of fused-ring (bicyclic) bond motifs is 1. The van der Waals surface area contributed by atoms with E-state index in [9.17, 15) is 5.11 Å². The number of benzene rings is 1. The summed E-state index contributed by atoms with van der Waals surface area (Å²) >= 11 is 0. The van der Waals surface area contributed by atoms with Crippen LogP contribution < -0.4 is 4.74 Å². The Balaban J connectivity index is 1.88. The molecule has 1 aliphatic carbocycles. The second kappa shape index (κ2) is 8.72. The Morgan fingerprint density at radius 1 is 1.19 bits per heavy atom. The summed E-state index contributed by atoms with van der Waals surface area (Å²) in [5.74, 6) is 2.20. The molecule has 0 aliphatic heterocycles. The molecule has 0 spiro atoms. The van der Waals surface area contributed by atoms with Gasteiger partial charge in [0.25, 0.3) is 0 Å². The Bertz CT molecular complexity index is 723. The number of aryl methyl sites for hydroxylation is 1. The highest BCUT2D eigenvalue weighted by Gasteiger charge is 2.26. The van der Waals surface area contributed by atoms with Gasteiger partial charge in [0.2, 0.25) is 0 Å². The molecule has 0 bridgehead atoms. The van der Waals surface area contributed by atoms with Gasteiger partial charge in [0, 0.05) is 24.9 Å². The number of aliphatic hydroxyl groups excluding tert-OH is 1. The lowest BCUT2D eigenvalue weighted by Crippen LogP contribution is -2.21. The van der Waals surface area contributed by atoms with Gasteiger partial charge in [-0.25, -0.2) is 4.98 Å². The van der Waals surface area contributed by atoms with Crippen molar-refractivity contribution in [3.05, 3.63) is 47.0 Å². The molecule has 0 saturated heterocycles. The minimum absolute atomic E-state index is 0.177. The number of rotatable bonds is 8. The van der Waals surface area contributed by atoms with Gasteiger partial charge in [-0.3, -0.25) is 0 Å². The van der Waals surface area contributed by atoms with Gasteiger partial charge in [-0.2, -0.15) is 0 Å². The van der Waals surface area contributed by atoms with Crippen LogP contribution in [0.3, 0.4) is 0 Å². The fourth-order valence-corrected chi connectivity index (χ4v) is 4.04. The predicted molar refractivity (Wildman–Crippen MR) is 105 cm³/mol. The van der Waals surface area contributed by atoms with E-state index in [4.69, 9.17) is 4.74 Å². The van der Waals surface area contributed by atoms with E-state index < -0.39 is 6.10 Å². The zero-order chi connectivity index (χ0) is 18.5. The average Bonchev–Trinajstić information content (AvgIpc) is 3.08. The molecule has 2 unspecified atom stereocenters. The Kier molecular flexibility index (Phi) is 6.36. The van der Waals surface area contributed by atoms with Crippen LogP contribution in [0.1, 0.15) is 68.1 Å². The minimum atomic E-state index is -0.450. The smallest absolute Gasteiger partial charge is 0.122 e. The van der Waals surface area contributed by atoms with Crippen LogP contribution >= 0.6 is 0 Å². The monoisotopic (exact) mass is 356 g/mol. The average molecular weight is 357 g/mol. The van der Waals surface area contributed by atoms with Gasteiger partial charge in [-0.15, -0.1) is 0 Å². The SMILES string of the molecule is CCCOc1ccc(C(O)C(CC)Cn2ccnc2C)c2c1CCCC2.